The van der Waals surface area contributed by atoms with E-state index in [0.29, 0.717) is 33.4 Å². The first kappa shape index (κ1) is 29.6. The van der Waals surface area contributed by atoms with E-state index in [0.717, 1.165) is 0 Å². The molecule has 0 spiro atoms. The molecule has 0 fully saturated rings. The largest absolute Gasteiger partial charge is 0.336 e. The molecule has 0 heterocycles. The van der Waals surface area contributed by atoms with Gasteiger partial charge in [-0.15, -0.1) is 0 Å². The second-order valence-corrected chi connectivity index (χ2v) is 14.3. The molecule has 0 aliphatic carbocycles. The van der Waals surface area contributed by atoms with Gasteiger partial charge in [-0.25, -0.2) is 0 Å². The molecule has 0 saturated heterocycles. The first-order valence-electron chi connectivity index (χ1n) is 11.4. The summed E-state index contributed by atoms with van der Waals surface area (Å²) in [6, 6.07) is 0. The summed E-state index contributed by atoms with van der Waals surface area (Å²) in [5, 5.41) is -2.81. The van der Waals surface area contributed by atoms with Gasteiger partial charge in [-0.2, -0.15) is 0 Å². The van der Waals surface area contributed by atoms with Crippen LogP contribution in [0.25, 0.3) is 0 Å². The van der Waals surface area contributed by atoms with Gasteiger partial charge >= 0.3 is 15.2 Å². The smallest absolute Gasteiger partial charge is 0.324 e. The first-order chi connectivity index (χ1) is 14.2. The zero-order valence-corrected chi connectivity index (χ0v) is 23.6. The second-order valence-electron chi connectivity index (χ2n) is 10.6. The van der Waals surface area contributed by atoms with Crippen molar-refractivity contribution in [1.82, 2.24) is 0 Å². The van der Waals surface area contributed by atoms with Crippen LogP contribution in [-0.2, 0) is 19.4 Å². The van der Waals surface area contributed by atoms with Crippen molar-refractivity contribution in [2.75, 3.05) is 0 Å². The quantitative estimate of drug-likeness (QED) is 0.318. The Kier molecular flexibility index (Phi) is 8.57. The van der Waals surface area contributed by atoms with Crippen molar-refractivity contribution < 1.29 is 28.7 Å². The highest BCUT2D eigenvalue weighted by atomic mass is 31.2. The molecule has 0 aliphatic rings. The molecule has 0 aliphatic heterocycles. The molecule has 0 saturated carbocycles. The lowest BCUT2D eigenvalue weighted by Gasteiger charge is -2.47. The third-order valence-corrected chi connectivity index (χ3v) is 12.4. The van der Waals surface area contributed by atoms with Crippen LogP contribution in [0.2, 0.25) is 0 Å². The van der Waals surface area contributed by atoms with Gasteiger partial charge in [0.2, 0.25) is 0 Å². The normalized spacial score (nSPS) is 14.4. The average molecular weight is 491 g/mol. The van der Waals surface area contributed by atoms with Gasteiger partial charge in [0.15, 0.2) is 0 Å². The van der Waals surface area contributed by atoms with Gasteiger partial charge in [-0.1, -0.05) is 55.4 Å². The van der Waals surface area contributed by atoms with E-state index >= 15 is 0 Å². The third-order valence-electron chi connectivity index (χ3n) is 7.91. The highest BCUT2D eigenvalue weighted by Crippen LogP contribution is 2.69. The van der Waals surface area contributed by atoms with Gasteiger partial charge in [0, 0.05) is 0 Å². The molecule has 8 heteroatoms. The number of hydrogen-bond donors (Lipinski definition) is 4. The fourth-order valence-corrected chi connectivity index (χ4v) is 10.6. The van der Waals surface area contributed by atoms with E-state index < -0.39 is 25.5 Å². The summed E-state index contributed by atoms with van der Waals surface area (Å²) in [6.45, 7) is 22.0. The number of hydrogen-bond acceptors (Lipinski definition) is 2. The van der Waals surface area contributed by atoms with Crippen LogP contribution in [0.3, 0.4) is 0 Å². The maximum absolute atomic E-state index is 13.1. The first-order valence-corrected chi connectivity index (χ1v) is 14.6. The number of benzene rings is 1. The fraction of sp³-hybridized carbons (Fsp3) is 0.750. The van der Waals surface area contributed by atoms with E-state index in [1.165, 1.54) is 0 Å². The van der Waals surface area contributed by atoms with Gasteiger partial charge in [-0.05, 0) is 84.7 Å². The Balaban J connectivity index is 4.46. The highest BCUT2D eigenvalue weighted by Gasteiger charge is 2.58. The summed E-state index contributed by atoms with van der Waals surface area (Å²) in [7, 11) is -9.23. The highest BCUT2D eigenvalue weighted by molar-refractivity contribution is 7.53. The Morgan fingerprint density at radius 2 is 0.656 bits per heavy atom. The fourth-order valence-electron chi connectivity index (χ4n) is 6.64. The molecule has 1 aromatic carbocycles. The van der Waals surface area contributed by atoms with Gasteiger partial charge in [-0.3, -0.25) is 9.13 Å². The van der Waals surface area contributed by atoms with Crippen LogP contribution in [0.4, 0.5) is 0 Å². The molecule has 0 amide bonds. The SMILES string of the molecule is Cc1c(C)c(C(C(C)C)(C(C)C)P(=O)(O)O)c(C)c(C)c1C(C(C)C)(C(C)C)P(=O)(O)O. The van der Waals surface area contributed by atoms with Gasteiger partial charge in [0.05, 0.1) is 0 Å². The van der Waals surface area contributed by atoms with Crippen LogP contribution in [0.15, 0.2) is 0 Å². The summed E-state index contributed by atoms with van der Waals surface area (Å²) in [5.74, 6) is -1.42. The maximum Gasteiger partial charge on any atom is 0.336 e. The Hall–Kier alpha value is -0.480. The van der Waals surface area contributed by atoms with Gasteiger partial charge in [0.25, 0.3) is 0 Å². The van der Waals surface area contributed by atoms with Crippen molar-refractivity contribution in [2.24, 2.45) is 23.7 Å². The van der Waals surface area contributed by atoms with Crippen molar-refractivity contribution in [3.8, 4) is 0 Å². The van der Waals surface area contributed by atoms with Crippen LogP contribution in [-0.4, -0.2) is 19.6 Å². The van der Waals surface area contributed by atoms with E-state index in [-0.39, 0.29) is 23.7 Å². The van der Waals surface area contributed by atoms with Gasteiger partial charge < -0.3 is 19.6 Å². The Bertz CT molecular complexity index is 828. The standard InChI is InChI=1S/C24H44O6P2/c1-13(2)23(14(3)4,31(25,26)27)21-17(9)19(11)22(20(12)18(21)10)24(15(5)6,16(7)8)32(28,29)30/h13-16H,1-12H3,(H2,25,26,27)(H2,28,29,30). The Labute approximate surface area is 194 Å². The maximum atomic E-state index is 13.1. The minimum absolute atomic E-state index is 0.355. The molecule has 0 unspecified atom stereocenters. The molecule has 0 bridgehead atoms. The predicted molar refractivity (Wildman–Crippen MR) is 132 cm³/mol. The lowest BCUT2D eigenvalue weighted by molar-refractivity contribution is 0.232. The van der Waals surface area contributed by atoms with Gasteiger partial charge in [0.1, 0.15) is 10.3 Å². The van der Waals surface area contributed by atoms with E-state index in [1.54, 1.807) is 0 Å². The minimum atomic E-state index is -4.61. The third kappa shape index (κ3) is 4.00. The molecule has 4 N–H and O–H groups in total. The minimum Gasteiger partial charge on any atom is -0.324 e. The van der Waals surface area contributed by atoms with E-state index in [9.17, 15) is 28.7 Å². The van der Waals surface area contributed by atoms with E-state index in [4.69, 9.17) is 0 Å². The molecule has 32 heavy (non-hydrogen) atoms. The molecule has 1 aromatic rings. The van der Waals surface area contributed by atoms with Crippen molar-refractivity contribution in [2.45, 2.75) is 93.4 Å². The summed E-state index contributed by atoms with van der Waals surface area (Å²) in [6.07, 6.45) is 0. The van der Waals surface area contributed by atoms with Crippen LogP contribution >= 0.6 is 15.2 Å². The van der Waals surface area contributed by atoms with Crippen molar-refractivity contribution in [3.05, 3.63) is 33.4 Å². The van der Waals surface area contributed by atoms with Crippen molar-refractivity contribution in [1.29, 1.82) is 0 Å². The molecule has 6 nitrogen and oxygen atoms in total. The lowest BCUT2D eigenvalue weighted by Crippen LogP contribution is -2.42. The predicted octanol–water partition coefficient (Wildman–Crippen LogP) is 6.29. The Morgan fingerprint density at radius 1 is 0.500 bits per heavy atom. The van der Waals surface area contributed by atoms with Crippen molar-refractivity contribution in [3.63, 3.8) is 0 Å². The average Bonchev–Trinajstić information content (AvgIpc) is 2.56. The molecule has 186 valence electrons. The summed E-state index contributed by atoms with van der Waals surface area (Å²) in [5.41, 5.74) is 4.03. The monoisotopic (exact) mass is 490 g/mol. The summed E-state index contributed by atoms with van der Waals surface area (Å²) in [4.78, 5) is 42.7. The Morgan fingerprint density at radius 3 is 0.750 bits per heavy atom. The zero-order valence-electron chi connectivity index (χ0n) is 21.8. The zero-order chi connectivity index (χ0) is 25.8. The molecule has 1 rings (SSSR count). The number of rotatable bonds is 8. The van der Waals surface area contributed by atoms with E-state index in [2.05, 4.69) is 0 Å². The molecular formula is C24H44O6P2. The van der Waals surface area contributed by atoms with Crippen LogP contribution in [0, 0.1) is 51.4 Å². The topological polar surface area (TPSA) is 115 Å². The molecule has 0 radical (unpaired) electrons. The lowest BCUT2D eigenvalue weighted by atomic mass is 9.69. The molecule has 0 aromatic heterocycles. The summed E-state index contributed by atoms with van der Waals surface area (Å²) < 4.78 is 26.2. The molecular weight excluding hydrogens is 446 g/mol. The van der Waals surface area contributed by atoms with Crippen LogP contribution in [0.5, 0.6) is 0 Å². The van der Waals surface area contributed by atoms with E-state index in [1.807, 2.05) is 83.1 Å². The van der Waals surface area contributed by atoms with Crippen molar-refractivity contribution >= 4 is 15.2 Å². The second kappa shape index (κ2) is 9.29. The van der Waals surface area contributed by atoms with Crippen LogP contribution < -0.4 is 0 Å². The molecule has 0 atom stereocenters. The summed E-state index contributed by atoms with van der Waals surface area (Å²) >= 11 is 0. The van der Waals surface area contributed by atoms with Crippen LogP contribution in [0.1, 0.15) is 88.8 Å².